The summed E-state index contributed by atoms with van der Waals surface area (Å²) in [5, 5.41) is 15.8. The number of urea groups is 1. The number of aromatic hydroxyl groups is 1. The quantitative estimate of drug-likeness (QED) is 0.510. The molecule has 1 aromatic heterocycles. The van der Waals surface area contributed by atoms with Gasteiger partial charge in [0.1, 0.15) is 23.8 Å². The molecule has 4 amide bonds. The van der Waals surface area contributed by atoms with E-state index in [0.29, 0.717) is 12.4 Å². The number of amides is 4. The molecule has 1 unspecified atom stereocenters. The molecule has 3 heterocycles. The first kappa shape index (κ1) is 25.3. The third-order valence-electron chi connectivity index (χ3n) is 7.05. The van der Waals surface area contributed by atoms with Crippen LogP contribution in [0.2, 0.25) is 0 Å². The number of rotatable bonds is 6. The molecule has 11 nitrogen and oxygen atoms in total. The van der Waals surface area contributed by atoms with Gasteiger partial charge in [-0.05, 0) is 23.3 Å². The van der Waals surface area contributed by atoms with Gasteiger partial charge < -0.3 is 24.8 Å². The normalized spacial score (nSPS) is 20.0. The molecule has 2 atom stereocenters. The SMILES string of the molecule is CN1CC(=O)N2C(CN(Cc3nccn3C)C(=O)[C@@H]2Cc2ccc(O)cc2)N1C(=O)NCc1ccccc1. The fourth-order valence-electron chi connectivity index (χ4n) is 5.08. The first-order valence-corrected chi connectivity index (χ1v) is 12.5. The van der Waals surface area contributed by atoms with Crippen LogP contribution in [0.25, 0.3) is 0 Å². The zero-order chi connectivity index (χ0) is 26.8. The van der Waals surface area contributed by atoms with Gasteiger partial charge in [-0.1, -0.05) is 42.5 Å². The van der Waals surface area contributed by atoms with Gasteiger partial charge in [0.05, 0.1) is 19.6 Å². The van der Waals surface area contributed by atoms with Crippen molar-refractivity contribution < 1.29 is 19.5 Å². The van der Waals surface area contributed by atoms with Crippen molar-refractivity contribution in [1.29, 1.82) is 0 Å². The van der Waals surface area contributed by atoms with Crippen LogP contribution in [0.5, 0.6) is 5.75 Å². The smallest absolute Gasteiger partial charge is 0.334 e. The summed E-state index contributed by atoms with van der Waals surface area (Å²) in [6.07, 6.45) is 3.04. The van der Waals surface area contributed by atoms with Gasteiger partial charge in [-0.25, -0.2) is 19.8 Å². The number of hydrogen-bond donors (Lipinski definition) is 2. The lowest BCUT2D eigenvalue weighted by molar-refractivity contribution is -0.187. The standard InChI is InChI=1S/C27H31N7O4/c1-30-13-12-28-23(30)16-32-17-24-33(22(26(32)37)14-19-8-10-21(35)11-9-19)25(36)18-31(2)34(24)27(38)29-15-20-6-4-3-5-7-20/h3-13,22,24,35H,14-18H2,1-2H3,(H,29,38)/t22-,24?/m0/s1. The summed E-state index contributed by atoms with van der Waals surface area (Å²) in [7, 11) is 3.56. The van der Waals surface area contributed by atoms with E-state index >= 15 is 0 Å². The number of piperazine rings is 1. The third-order valence-corrected chi connectivity index (χ3v) is 7.05. The molecule has 2 N–H and O–H groups in total. The Labute approximate surface area is 220 Å². The van der Waals surface area contributed by atoms with Gasteiger partial charge in [-0.2, -0.15) is 0 Å². The zero-order valence-electron chi connectivity index (χ0n) is 21.4. The second kappa shape index (κ2) is 10.5. The summed E-state index contributed by atoms with van der Waals surface area (Å²) in [4.78, 5) is 48.3. The fourth-order valence-corrected chi connectivity index (χ4v) is 5.08. The summed E-state index contributed by atoms with van der Waals surface area (Å²) in [5.74, 6) is 0.388. The van der Waals surface area contributed by atoms with E-state index in [2.05, 4.69) is 10.3 Å². The minimum Gasteiger partial charge on any atom is -0.508 e. The number of nitrogens with one attached hydrogen (secondary N) is 1. The summed E-state index contributed by atoms with van der Waals surface area (Å²) in [6.45, 7) is 0.689. The highest BCUT2D eigenvalue weighted by atomic mass is 16.3. The number of phenols is 1. The van der Waals surface area contributed by atoms with Gasteiger partial charge in [0.2, 0.25) is 11.8 Å². The highest BCUT2D eigenvalue weighted by Gasteiger charge is 2.50. The average molecular weight is 518 g/mol. The van der Waals surface area contributed by atoms with Crippen LogP contribution >= 0.6 is 0 Å². The van der Waals surface area contributed by atoms with Gasteiger partial charge in [0.15, 0.2) is 0 Å². The first-order chi connectivity index (χ1) is 18.3. The van der Waals surface area contributed by atoms with Crippen molar-refractivity contribution in [3.63, 3.8) is 0 Å². The molecule has 5 rings (SSSR count). The number of carbonyl (C=O) groups excluding carboxylic acids is 3. The summed E-state index contributed by atoms with van der Waals surface area (Å²) < 4.78 is 1.84. The van der Waals surface area contributed by atoms with Crippen LogP contribution in [0, 0.1) is 0 Å². The van der Waals surface area contributed by atoms with E-state index in [9.17, 15) is 19.5 Å². The molecule has 2 aliphatic rings. The van der Waals surface area contributed by atoms with Crippen molar-refractivity contribution in [2.75, 3.05) is 20.1 Å². The van der Waals surface area contributed by atoms with Crippen molar-refractivity contribution in [3.8, 4) is 5.75 Å². The molecule has 0 saturated carbocycles. The Kier molecular flexibility index (Phi) is 7.01. The number of fused-ring (bicyclic) bond motifs is 1. The molecule has 0 radical (unpaired) electrons. The minimum absolute atomic E-state index is 0.0337. The number of hydrazine groups is 1. The van der Waals surface area contributed by atoms with Crippen LogP contribution < -0.4 is 5.32 Å². The number of nitrogens with zero attached hydrogens (tertiary/aromatic N) is 6. The molecule has 0 aliphatic carbocycles. The Hall–Kier alpha value is -4.38. The number of carbonyl (C=O) groups is 3. The largest absolute Gasteiger partial charge is 0.508 e. The molecule has 2 fully saturated rings. The predicted octanol–water partition coefficient (Wildman–Crippen LogP) is 1.31. The van der Waals surface area contributed by atoms with E-state index in [0.717, 1.165) is 11.1 Å². The van der Waals surface area contributed by atoms with Crippen molar-refractivity contribution >= 4 is 17.8 Å². The molecule has 2 aliphatic heterocycles. The Morgan fingerprint density at radius 3 is 2.47 bits per heavy atom. The highest BCUT2D eigenvalue weighted by Crippen LogP contribution is 2.29. The Morgan fingerprint density at radius 2 is 1.79 bits per heavy atom. The predicted molar refractivity (Wildman–Crippen MR) is 138 cm³/mol. The van der Waals surface area contributed by atoms with Crippen LogP contribution in [-0.4, -0.2) is 84.7 Å². The van der Waals surface area contributed by atoms with Crippen LogP contribution in [0.15, 0.2) is 67.0 Å². The molecule has 0 bridgehead atoms. The van der Waals surface area contributed by atoms with Crippen LogP contribution in [0.1, 0.15) is 17.0 Å². The number of aryl methyl sites for hydroxylation is 1. The van der Waals surface area contributed by atoms with Gasteiger partial charge in [0.25, 0.3) is 0 Å². The van der Waals surface area contributed by atoms with E-state index in [4.69, 9.17) is 0 Å². The molecule has 2 saturated heterocycles. The maximum atomic E-state index is 13.8. The molecule has 198 valence electrons. The number of aromatic nitrogens is 2. The molecule has 2 aromatic carbocycles. The van der Waals surface area contributed by atoms with Gasteiger partial charge in [-0.15, -0.1) is 0 Å². The van der Waals surface area contributed by atoms with Crippen LogP contribution in [0.4, 0.5) is 4.79 Å². The average Bonchev–Trinajstić information content (AvgIpc) is 3.31. The first-order valence-electron chi connectivity index (χ1n) is 12.5. The van der Waals surface area contributed by atoms with Crippen LogP contribution in [-0.2, 0) is 36.1 Å². The van der Waals surface area contributed by atoms with E-state index in [1.165, 1.54) is 5.01 Å². The van der Waals surface area contributed by atoms with Gasteiger partial charge in [0, 0.05) is 39.5 Å². The van der Waals surface area contributed by atoms with E-state index in [1.807, 2.05) is 48.1 Å². The molecular weight excluding hydrogens is 486 g/mol. The molecular formula is C27H31N7O4. The van der Waals surface area contributed by atoms with Crippen molar-refractivity contribution in [2.45, 2.75) is 31.7 Å². The molecule has 38 heavy (non-hydrogen) atoms. The topological polar surface area (TPSA) is 114 Å². The zero-order valence-corrected chi connectivity index (χ0v) is 21.4. The number of likely N-dealkylation sites (N-methyl/N-ethyl adjacent to an activating group) is 1. The third kappa shape index (κ3) is 5.05. The molecule has 11 heteroatoms. The minimum atomic E-state index is -0.816. The number of hydrogen-bond acceptors (Lipinski definition) is 6. The molecule has 0 spiro atoms. The van der Waals surface area contributed by atoms with Gasteiger partial charge >= 0.3 is 6.03 Å². The number of imidazole rings is 1. The monoisotopic (exact) mass is 517 g/mol. The van der Waals surface area contributed by atoms with E-state index in [1.54, 1.807) is 52.3 Å². The van der Waals surface area contributed by atoms with E-state index < -0.39 is 12.2 Å². The van der Waals surface area contributed by atoms with Gasteiger partial charge in [-0.3, -0.25) is 9.59 Å². The Morgan fingerprint density at radius 1 is 1.05 bits per heavy atom. The maximum Gasteiger partial charge on any atom is 0.334 e. The lowest BCUT2D eigenvalue weighted by Gasteiger charge is -2.54. The molecule has 3 aromatic rings. The number of phenolic OH excluding ortho intramolecular Hbond substituents is 1. The van der Waals surface area contributed by atoms with E-state index in [-0.39, 0.29) is 49.7 Å². The Bertz CT molecular complexity index is 1310. The Balaban J connectivity index is 1.45. The summed E-state index contributed by atoms with van der Waals surface area (Å²) >= 11 is 0. The summed E-state index contributed by atoms with van der Waals surface area (Å²) in [5.41, 5.74) is 1.75. The fraction of sp³-hybridized carbons (Fsp3) is 0.333. The lowest BCUT2D eigenvalue weighted by Crippen LogP contribution is -2.76. The maximum absolute atomic E-state index is 13.8. The second-order valence-electron chi connectivity index (χ2n) is 9.65. The second-order valence-corrected chi connectivity index (χ2v) is 9.65. The summed E-state index contributed by atoms with van der Waals surface area (Å²) in [6, 6.07) is 15.0. The van der Waals surface area contributed by atoms with Crippen molar-refractivity contribution in [2.24, 2.45) is 7.05 Å². The van der Waals surface area contributed by atoms with Crippen LogP contribution in [0.3, 0.4) is 0 Å². The number of benzene rings is 2. The van der Waals surface area contributed by atoms with Crippen molar-refractivity contribution in [3.05, 3.63) is 83.9 Å². The highest BCUT2D eigenvalue weighted by molar-refractivity contribution is 5.91. The van der Waals surface area contributed by atoms with Crippen molar-refractivity contribution in [1.82, 2.24) is 34.7 Å². The lowest BCUT2D eigenvalue weighted by atomic mass is 9.98.